The Morgan fingerprint density at radius 1 is 1.14 bits per heavy atom. The Morgan fingerprint density at radius 2 is 1.82 bits per heavy atom. The van der Waals surface area contributed by atoms with Gasteiger partial charge in [0.2, 0.25) is 5.91 Å². The quantitative estimate of drug-likeness (QED) is 0.774. The lowest BCUT2D eigenvalue weighted by molar-refractivity contribution is -0.120. The molecule has 0 aliphatic carbocycles. The minimum atomic E-state index is -3.27. The fourth-order valence-corrected chi connectivity index (χ4v) is 4.10. The van der Waals surface area contributed by atoms with Crippen LogP contribution in [0.4, 0.5) is 5.69 Å². The maximum atomic E-state index is 13.1. The number of sulfone groups is 1. The summed E-state index contributed by atoms with van der Waals surface area (Å²) in [5.41, 5.74) is 3.07. The van der Waals surface area contributed by atoms with Gasteiger partial charge in [0.15, 0.2) is 0 Å². The Kier molecular flexibility index (Phi) is 5.84. The Hall–Kier alpha value is -2.67. The van der Waals surface area contributed by atoms with E-state index in [0.29, 0.717) is 17.8 Å². The highest BCUT2D eigenvalue weighted by atomic mass is 32.2. The lowest BCUT2D eigenvalue weighted by atomic mass is 10.1. The van der Waals surface area contributed by atoms with Gasteiger partial charge in [-0.2, -0.15) is 0 Å². The molecule has 0 unspecified atom stereocenters. The van der Waals surface area contributed by atoms with Gasteiger partial charge >= 0.3 is 0 Å². The summed E-state index contributed by atoms with van der Waals surface area (Å²) in [6, 6.07) is 13.8. The third-order valence-corrected chi connectivity index (χ3v) is 5.92. The largest absolute Gasteiger partial charge is 0.324 e. The molecule has 1 heterocycles. The smallest absolute Gasteiger partial charge is 0.255 e. The summed E-state index contributed by atoms with van der Waals surface area (Å²) < 4.78 is 23.4. The standard InChI is InChI=1S/C21H24N2O4S/c1-3-15-8-5-7-11-18(15)22-20(24)19(12-13-28(2,26)27)23-14-16-9-4-6-10-17(16)21(23)25/h4-11,19H,3,12-14H2,1-2H3,(H,22,24)/t19-/m0/s1. The van der Waals surface area contributed by atoms with Crippen molar-refractivity contribution < 1.29 is 18.0 Å². The van der Waals surface area contributed by atoms with Crippen LogP contribution in [0.15, 0.2) is 48.5 Å². The SMILES string of the molecule is CCc1ccccc1NC(=O)[C@H](CCS(C)(=O)=O)N1Cc2ccccc2C1=O. The van der Waals surface area contributed by atoms with Crippen molar-refractivity contribution in [2.45, 2.75) is 32.4 Å². The van der Waals surface area contributed by atoms with Crippen LogP contribution in [-0.2, 0) is 27.6 Å². The zero-order valence-corrected chi connectivity index (χ0v) is 16.8. The maximum Gasteiger partial charge on any atom is 0.255 e. The Balaban J connectivity index is 1.87. The second kappa shape index (κ2) is 8.14. The molecule has 0 aromatic heterocycles. The summed E-state index contributed by atoms with van der Waals surface area (Å²) in [5, 5.41) is 2.89. The molecule has 1 aliphatic heterocycles. The molecule has 2 amide bonds. The predicted octanol–water partition coefficient (Wildman–Crippen LogP) is 2.65. The average Bonchev–Trinajstić information content (AvgIpc) is 2.98. The monoisotopic (exact) mass is 400 g/mol. The molecule has 148 valence electrons. The molecule has 28 heavy (non-hydrogen) atoms. The molecule has 0 radical (unpaired) electrons. The second-order valence-electron chi connectivity index (χ2n) is 7.02. The first kappa shape index (κ1) is 20.1. The summed E-state index contributed by atoms with van der Waals surface area (Å²) in [7, 11) is -3.27. The van der Waals surface area contributed by atoms with Gasteiger partial charge in [-0.05, 0) is 36.1 Å². The summed E-state index contributed by atoms with van der Waals surface area (Å²) >= 11 is 0. The van der Waals surface area contributed by atoms with Crippen LogP contribution >= 0.6 is 0 Å². The van der Waals surface area contributed by atoms with E-state index in [-0.39, 0.29) is 24.0 Å². The molecule has 2 aromatic carbocycles. The van der Waals surface area contributed by atoms with E-state index in [2.05, 4.69) is 5.32 Å². The van der Waals surface area contributed by atoms with E-state index in [1.165, 1.54) is 4.90 Å². The number of nitrogens with one attached hydrogen (secondary N) is 1. The molecule has 1 N–H and O–H groups in total. The number of rotatable bonds is 7. The highest BCUT2D eigenvalue weighted by Crippen LogP contribution is 2.27. The molecule has 1 atom stereocenters. The normalized spacial score (nSPS) is 14.6. The molecule has 1 aliphatic rings. The number of hydrogen-bond acceptors (Lipinski definition) is 4. The van der Waals surface area contributed by atoms with Crippen LogP contribution in [0.5, 0.6) is 0 Å². The number of aryl methyl sites for hydroxylation is 1. The topological polar surface area (TPSA) is 83.6 Å². The van der Waals surface area contributed by atoms with Crippen LogP contribution in [0.2, 0.25) is 0 Å². The van der Waals surface area contributed by atoms with Crippen molar-refractivity contribution in [3.05, 3.63) is 65.2 Å². The van der Waals surface area contributed by atoms with Gasteiger partial charge in [-0.1, -0.05) is 43.3 Å². The van der Waals surface area contributed by atoms with Gasteiger partial charge in [0, 0.05) is 24.1 Å². The number of hydrogen-bond donors (Lipinski definition) is 1. The molecular weight excluding hydrogens is 376 g/mol. The van der Waals surface area contributed by atoms with Crippen LogP contribution in [0.25, 0.3) is 0 Å². The van der Waals surface area contributed by atoms with Gasteiger partial charge < -0.3 is 10.2 Å². The van der Waals surface area contributed by atoms with Crippen LogP contribution in [0, 0.1) is 0 Å². The number of amides is 2. The molecule has 2 aromatic rings. The van der Waals surface area contributed by atoms with E-state index in [1.54, 1.807) is 12.1 Å². The second-order valence-corrected chi connectivity index (χ2v) is 9.28. The first-order valence-corrected chi connectivity index (χ1v) is 11.3. The molecule has 6 nitrogen and oxygen atoms in total. The van der Waals surface area contributed by atoms with Gasteiger partial charge in [-0.25, -0.2) is 8.42 Å². The average molecular weight is 401 g/mol. The predicted molar refractivity (Wildman–Crippen MR) is 109 cm³/mol. The van der Waals surface area contributed by atoms with Crippen molar-refractivity contribution >= 4 is 27.3 Å². The van der Waals surface area contributed by atoms with Crippen molar-refractivity contribution in [3.8, 4) is 0 Å². The van der Waals surface area contributed by atoms with Crippen molar-refractivity contribution in [1.29, 1.82) is 0 Å². The molecule has 0 spiro atoms. The number of anilines is 1. The summed E-state index contributed by atoms with van der Waals surface area (Å²) in [6.45, 7) is 2.29. The Labute approximate surface area is 165 Å². The number of benzene rings is 2. The van der Waals surface area contributed by atoms with Crippen LogP contribution < -0.4 is 5.32 Å². The molecule has 3 rings (SSSR count). The molecular formula is C21H24N2O4S. The number of fused-ring (bicyclic) bond motifs is 1. The molecule has 0 bridgehead atoms. The zero-order chi connectivity index (χ0) is 20.3. The number of carbonyl (C=O) groups excluding carboxylic acids is 2. The highest BCUT2D eigenvalue weighted by Gasteiger charge is 2.36. The fourth-order valence-electron chi connectivity index (χ4n) is 3.45. The number of carbonyl (C=O) groups is 2. The van der Waals surface area contributed by atoms with Crippen molar-refractivity contribution in [2.24, 2.45) is 0 Å². The molecule has 0 saturated heterocycles. The number of nitrogens with zero attached hydrogens (tertiary/aromatic N) is 1. The highest BCUT2D eigenvalue weighted by molar-refractivity contribution is 7.90. The summed E-state index contributed by atoms with van der Waals surface area (Å²) in [5.74, 6) is -0.778. The van der Waals surface area contributed by atoms with E-state index >= 15 is 0 Å². The molecule has 0 fully saturated rings. The Morgan fingerprint density at radius 3 is 2.50 bits per heavy atom. The van der Waals surface area contributed by atoms with Gasteiger partial charge in [-0.3, -0.25) is 9.59 Å². The van der Waals surface area contributed by atoms with Gasteiger partial charge in [0.25, 0.3) is 5.91 Å². The number of para-hydroxylation sites is 1. The van der Waals surface area contributed by atoms with Gasteiger partial charge in [0.1, 0.15) is 15.9 Å². The van der Waals surface area contributed by atoms with Gasteiger partial charge in [0.05, 0.1) is 5.75 Å². The van der Waals surface area contributed by atoms with E-state index < -0.39 is 15.9 Å². The molecule has 0 saturated carbocycles. The lowest BCUT2D eigenvalue weighted by Gasteiger charge is -2.27. The van der Waals surface area contributed by atoms with Crippen LogP contribution in [-0.4, -0.2) is 43.2 Å². The van der Waals surface area contributed by atoms with E-state index in [1.807, 2.05) is 43.3 Å². The lowest BCUT2D eigenvalue weighted by Crippen LogP contribution is -2.45. The maximum absolute atomic E-state index is 13.1. The minimum Gasteiger partial charge on any atom is -0.324 e. The Bertz CT molecular complexity index is 1000. The first-order chi connectivity index (χ1) is 13.3. The van der Waals surface area contributed by atoms with Crippen molar-refractivity contribution in [1.82, 2.24) is 4.90 Å². The zero-order valence-electron chi connectivity index (χ0n) is 16.0. The van der Waals surface area contributed by atoms with Crippen molar-refractivity contribution in [3.63, 3.8) is 0 Å². The third-order valence-electron chi connectivity index (χ3n) is 4.95. The molecule has 7 heteroatoms. The third kappa shape index (κ3) is 4.42. The van der Waals surface area contributed by atoms with E-state index in [9.17, 15) is 18.0 Å². The summed E-state index contributed by atoms with van der Waals surface area (Å²) in [6.07, 6.45) is 1.94. The van der Waals surface area contributed by atoms with E-state index in [4.69, 9.17) is 0 Å². The van der Waals surface area contributed by atoms with Crippen molar-refractivity contribution in [2.75, 3.05) is 17.3 Å². The van der Waals surface area contributed by atoms with Crippen LogP contribution in [0.1, 0.15) is 34.8 Å². The first-order valence-electron chi connectivity index (χ1n) is 9.25. The van der Waals surface area contributed by atoms with Crippen LogP contribution in [0.3, 0.4) is 0 Å². The van der Waals surface area contributed by atoms with Gasteiger partial charge in [-0.15, -0.1) is 0 Å². The minimum absolute atomic E-state index is 0.0543. The summed E-state index contributed by atoms with van der Waals surface area (Å²) in [4.78, 5) is 27.4. The fraction of sp³-hybridized carbons (Fsp3) is 0.333. The van der Waals surface area contributed by atoms with E-state index in [0.717, 1.165) is 23.8 Å².